The minimum atomic E-state index is -0.409. The maximum atomic E-state index is 12.6. The van der Waals surface area contributed by atoms with Crippen LogP contribution in [0.3, 0.4) is 0 Å². The number of rotatable bonds is 6. The molecule has 0 bridgehead atoms. The molecular weight excluding hydrogens is 312 g/mol. The van der Waals surface area contributed by atoms with Crippen molar-refractivity contribution in [2.75, 3.05) is 26.7 Å². The number of amides is 1. The van der Waals surface area contributed by atoms with Gasteiger partial charge in [0.2, 0.25) is 5.91 Å². The number of esters is 1. The summed E-state index contributed by atoms with van der Waals surface area (Å²) >= 11 is 1.71. The summed E-state index contributed by atoms with van der Waals surface area (Å²) in [7, 11) is 1.94. The van der Waals surface area contributed by atoms with Crippen LogP contribution in [0.15, 0.2) is 11.4 Å². The van der Waals surface area contributed by atoms with E-state index in [2.05, 4.69) is 18.4 Å². The Bertz CT molecular complexity index is 544. The zero-order valence-electron chi connectivity index (χ0n) is 14.2. The molecule has 0 spiro atoms. The van der Waals surface area contributed by atoms with E-state index in [-0.39, 0.29) is 11.9 Å². The first-order chi connectivity index (χ1) is 11.0. The number of hydrogen-bond donors (Lipinski definition) is 0. The van der Waals surface area contributed by atoms with Crippen molar-refractivity contribution >= 4 is 23.2 Å². The second-order valence-electron chi connectivity index (χ2n) is 6.05. The lowest BCUT2D eigenvalue weighted by molar-refractivity contribution is -0.157. The van der Waals surface area contributed by atoms with E-state index in [0.29, 0.717) is 26.1 Å². The molecule has 0 radical (unpaired) electrons. The van der Waals surface area contributed by atoms with Crippen LogP contribution < -0.4 is 0 Å². The van der Waals surface area contributed by atoms with Crippen molar-refractivity contribution in [2.24, 2.45) is 0 Å². The van der Waals surface area contributed by atoms with Crippen LogP contribution >= 0.6 is 11.3 Å². The molecule has 1 aromatic heterocycles. The van der Waals surface area contributed by atoms with Gasteiger partial charge in [-0.15, -0.1) is 11.3 Å². The molecule has 0 N–H and O–H groups in total. The first-order valence-electron chi connectivity index (χ1n) is 8.20. The molecule has 2 heterocycles. The summed E-state index contributed by atoms with van der Waals surface area (Å²) in [6, 6.07) is 1.69. The smallest absolute Gasteiger partial charge is 0.328 e. The highest BCUT2D eigenvalue weighted by atomic mass is 32.1. The molecule has 1 unspecified atom stereocenters. The fourth-order valence-corrected chi connectivity index (χ4v) is 3.89. The minimum absolute atomic E-state index is 0.0134. The van der Waals surface area contributed by atoms with E-state index in [9.17, 15) is 9.59 Å². The molecule has 2 rings (SSSR count). The quantitative estimate of drug-likeness (QED) is 0.748. The van der Waals surface area contributed by atoms with Gasteiger partial charge in [-0.1, -0.05) is 0 Å². The van der Waals surface area contributed by atoms with Crippen LogP contribution in [0.5, 0.6) is 0 Å². The summed E-state index contributed by atoms with van der Waals surface area (Å²) < 4.78 is 5.12. The summed E-state index contributed by atoms with van der Waals surface area (Å²) in [5, 5.41) is 2.07. The first kappa shape index (κ1) is 17.9. The number of nitrogens with zero attached hydrogens (tertiary/aromatic N) is 2. The van der Waals surface area contributed by atoms with E-state index < -0.39 is 6.04 Å². The second kappa shape index (κ2) is 8.45. The topological polar surface area (TPSA) is 49.9 Å². The maximum absolute atomic E-state index is 12.6. The fourth-order valence-electron chi connectivity index (χ4n) is 2.90. The van der Waals surface area contributed by atoms with Crippen LogP contribution in [-0.4, -0.2) is 54.5 Å². The first-order valence-corrected chi connectivity index (χ1v) is 9.08. The average Bonchev–Trinajstić information content (AvgIpc) is 2.92. The number of likely N-dealkylation sites (tertiary alicyclic amines) is 1. The van der Waals surface area contributed by atoms with Gasteiger partial charge in [0.25, 0.3) is 0 Å². The number of aryl methyl sites for hydroxylation is 1. The molecule has 128 valence electrons. The van der Waals surface area contributed by atoms with E-state index in [4.69, 9.17) is 4.74 Å². The van der Waals surface area contributed by atoms with Crippen LogP contribution in [-0.2, 0) is 20.9 Å². The van der Waals surface area contributed by atoms with Crippen molar-refractivity contribution in [1.29, 1.82) is 0 Å². The Morgan fingerprint density at radius 3 is 2.87 bits per heavy atom. The SMILES string of the molecule is CCOC(=O)C1CCCCN1C(=O)CN(C)Cc1sccc1C. The Morgan fingerprint density at radius 2 is 2.22 bits per heavy atom. The van der Waals surface area contributed by atoms with Gasteiger partial charge in [0, 0.05) is 18.0 Å². The van der Waals surface area contributed by atoms with E-state index in [1.807, 2.05) is 11.9 Å². The van der Waals surface area contributed by atoms with Gasteiger partial charge in [-0.2, -0.15) is 0 Å². The third-order valence-corrected chi connectivity index (χ3v) is 5.18. The second-order valence-corrected chi connectivity index (χ2v) is 7.05. The van der Waals surface area contributed by atoms with Crippen molar-refractivity contribution in [3.05, 3.63) is 21.9 Å². The van der Waals surface area contributed by atoms with Crippen LogP contribution in [0.1, 0.15) is 36.6 Å². The molecule has 1 aromatic rings. The zero-order valence-corrected chi connectivity index (χ0v) is 15.0. The molecule has 23 heavy (non-hydrogen) atoms. The molecular formula is C17H26N2O3S. The minimum Gasteiger partial charge on any atom is -0.464 e. The number of hydrogen-bond acceptors (Lipinski definition) is 5. The van der Waals surface area contributed by atoms with Crippen molar-refractivity contribution in [1.82, 2.24) is 9.80 Å². The van der Waals surface area contributed by atoms with Gasteiger partial charge in [-0.3, -0.25) is 9.69 Å². The molecule has 1 aliphatic heterocycles. The van der Waals surface area contributed by atoms with Crippen molar-refractivity contribution in [3.63, 3.8) is 0 Å². The lowest BCUT2D eigenvalue weighted by Gasteiger charge is -2.35. The molecule has 5 nitrogen and oxygen atoms in total. The zero-order chi connectivity index (χ0) is 16.8. The lowest BCUT2D eigenvalue weighted by atomic mass is 10.0. The molecule has 1 atom stereocenters. The standard InChI is InChI=1S/C17H26N2O3S/c1-4-22-17(21)14-7-5-6-9-19(14)16(20)12-18(3)11-15-13(2)8-10-23-15/h8,10,14H,4-7,9,11-12H2,1-3H3. The Balaban J connectivity index is 1.94. The summed E-state index contributed by atoms with van der Waals surface area (Å²) in [6.45, 7) is 5.97. The Hall–Kier alpha value is -1.40. The molecule has 1 aliphatic rings. The Labute approximate surface area is 142 Å². The molecule has 1 amide bonds. The van der Waals surface area contributed by atoms with E-state index >= 15 is 0 Å². The summed E-state index contributed by atoms with van der Waals surface area (Å²) in [6.07, 6.45) is 2.63. The van der Waals surface area contributed by atoms with E-state index in [1.54, 1.807) is 23.2 Å². The van der Waals surface area contributed by atoms with Gasteiger partial charge >= 0.3 is 5.97 Å². The highest BCUT2D eigenvalue weighted by molar-refractivity contribution is 7.10. The van der Waals surface area contributed by atoms with Gasteiger partial charge in [0.15, 0.2) is 0 Å². The van der Waals surface area contributed by atoms with Crippen molar-refractivity contribution in [3.8, 4) is 0 Å². The predicted molar refractivity (Wildman–Crippen MR) is 91.4 cm³/mol. The Morgan fingerprint density at radius 1 is 1.43 bits per heavy atom. The molecule has 1 saturated heterocycles. The van der Waals surface area contributed by atoms with Crippen LogP contribution in [0.25, 0.3) is 0 Å². The fraction of sp³-hybridized carbons (Fsp3) is 0.647. The molecule has 1 fully saturated rings. The molecule has 6 heteroatoms. The van der Waals surface area contributed by atoms with E-state index in [0.717, 1.165) is 19.4 Å². The highest BCUT2D eigenvalue weighted by Crippen LogP contribution is 2.20. The number of likely N-dealkylation sites (N-methyl/N-ethyl adjacent to an activating group) is 1. The predicted octanol–water partition coefficient (Wildman–Crippen LogP) is 2.43. The molecule has 0 aliphatic carbocycles. The molecule has 0 aromatic carbocycles. The number of piperidine rings is 1. The number of ether oxygens (including phenoxy) is 1. The monoisotopic (exact) mass is 338 g/mol. The average molecular weight is 338 g/mol. The van der Waals surface area contributed by atoms with Gasteiger partial charge in [-0.05, 0) is 57.2 Å². The lowest BCUT2D eigenvalue weighted by Crippen LogP contribution is -2.51. The maximum Gasteiger partial charge on any atom is 0.328 e. The number of thiophene rings is 1. The van der Waals surface area contributed by atoms with Crippen molar-refractivity contribution in [2.45, 2.75) is 45.7 Å². The number of carbonyl (C=O) groups excluding carboxylic acids is 2. The third kappa shape index (κ3) is 4.78. The van der Waals surface area contributed by atoms with Gasteiger partial charge in [-0.25, -0.2) is 4.79 Å². The van der Waals surface area contributed by atoms with Crippen LogP contribution in [0.4, 0.5) is 0 Å². The summed E-state index contributed by atoms with van der Waals surface area (Å²) in [5.41, 5.74) is 1.26. The van der Waals surface area contributed by atoms with Gasteiger partial charge < -0.3 is 9.64 Å². The third-order valence-electron chi connectivity index (χ3n) is 4.17. The largest absolute Gasteiger partial charge is 0.464 e. The van der Waals surface area contributed by atoms with E-state index in [1.165, 1.54) is 10.4 Å². The molecule has 0 saturated carbocycles. The Kier molecular flexibility index (Phi) is 6.59. The van der Waals surface area contributed by atoms with Crippen LogP contribution in [0.2, 0.25) is 0 Å². The number of carbonyl (C=O) groups is 2. The highest BCUT2D eigenvalue weighted by Gasteiger charge is 2.33. The van der Waals surface area contributed by atoms with Crippen molar-refractivity contribution < 1.29 is 14.3 Å². The van der Waals surface area contributed by atoms with Crippen LogP contribution in [0, 0.1) is 6.92 Å². The summed E-state index contributed by atoms with van der Waals surface area (Å²) in [5.74, 6) is -0.253. The normalized spacial score (nSPS) is 18.3. The van der Waals surface area contributed by atoms with Gasteiger partial charge in [0.1, 0.15) is 6.04 Å². The summed E-state index contributed by atoms with van der Waals surface area (Å²) in [4.78, 5) is 29.7. The van der Waals surface area contributed by atoms with Gasteiger partial charge in [0.05, 0.1) is 13.2 Å².